The molecule has 0 amide bonds. The Morgan fingerprint density at radius 2 is 1.67 bits per heavy atom. The van der Waals surface area contributed by atoms with Gasteiger partial charge >= 0.3 is 5.97 Å². The lowest BCUT2D eigenvalue weighted by molar-refractivity contribution is -0.147. The molecule has 0 radical (unpaired) electrons. The van der Waals surface area contributed by atoms with E-state index < -0.39 is 0 Å². The van der Waals surface area contributed by atoms with Crippen LogP contribution in [-0.2, 0) is 16.1 Å². The third-order valence-corrected chi connectivity index (χ3v) is 8.27. The van der Waals surface area contributed by atoms with Crippen LogP contribution < -0.4 is 4.90 Å². The summed E-state index contributed by atoms with van der Waals surface area (Å²) < 4.78 is 4.92. The van der Waals surface area contributed by atoms with Gasteiger partial charge in [-0.3, -0.25) is 9.69 Å². The Labute approximate surface area is 202 Å². The van der Waals surface area contributed by atoms with Crippen molar-refractivity contribution in [3.63, 3.8) is 0 Å². The van der Waals surface area contributed by atoms with Crippen LogP contribution in [0.5, 0.6) is 0 Å². The SMILES string of the molecule is COC(=O)C1CCN(Cc2c(C)cc(C3CN(c4ccc(C5CC5)c(Cl)c4)C3)cc2C)CC1. The van der Waals surface area contributed by atoms with Crippen molar-refractivity contribution in [1.82, 2.24) is 4.90 Å². The molecule has 33 heavy (non-hydrogen) atoms. The molecule has 0 N–H and O–H groups in total. The number of carbonyl (C=O) groups excluding carboxylic acids is 1. The van der Waals surface area contributed by atoms with Crippen LogP contribution >= 0.6 is 11.6 Å². The number of hydrogen-bond donors (Lipinski definition) is 0. The average Bonchev–Trinajstić information content (AvgIpc) is 3.60. The molecule has 2 aromatic carbocycles. The number of halogens is 1. The van der Waals surface area contributed by atoms with E-state index in [1.807, 2.05) is 0 Å². The van der Waals surface area contributed by atoms with Gasteiger partial charge in [-0.25, -0.2) is 0 Å². The maximum atomic E-state index is 11.8. The van der Waals surface area contributed by atoms with Crippen LogP contribution in [0.4, 0.5) is 5.69 Å². The molecule has 3 aliphatic rings. The van der Waals surface area contributed by atoms with Crippen LogP contribution in [0.15, 0.2) is 30.3 Å². The number of likely N-dealkylation sites (tertiary alicyclic amines) is 1. The first-order valence-electron chi connectivity index (χ1n) is 12.4. The predicted octanol–water partition coefficient (Wildman–Crippen LogP) is 5.82. The Bertz CT molecular complexity index is 1010. The number of esters is 1. The Morgan fingerprint density at radius 3 is 2.24 bits per heavy atom. The van der Waals surface area contributed by atoms with E-state index in [-0.39, 0.29) is 11.9 Å². The first-order chi connectivity index (χ1) is 15.9. The van der Waals surface area contributed by atoms with Crippen LogP contribution in [0.1, 0.15) is 65.3 Å². The minimum absolute atomic E-state index is 0.0537. The van der Waals surface area contributed by atoms with Gasteiger partial charge in [0.05, 0.1) is 13.0 Å². The lowest BCUT2D eigenvalue weighted by Gasteiger charge is -2.42. The van der Waals surface area contributed by atoms with Crippen molar-refractivity contribution in [2.24, 2.45) is 5.92 Å². The number of ether oxygens (including phenoxy) is 1. The number of nitrogens with zero attached hydrogens (tertiary/aromatic N) is 2. The average molecular weight is 467 g/mol. The number of carbonyl (C=O) groups is 1. The fourth-order valence-corrected chi connectivity index (χ4v) is 5.90. The zero-order chi connectivity index (χ0) is 23.1. The standard InChI is InChI=1S/C28H35ClN2O2/c1-18-12-22(13-19(2)26(18)17-30-10-8-21(9-11-30)28(32)33-3)23-15-31(16-23)24-6-7-25(20-4-5-20)27(29)14-24/h6-7,12-14,20-21,23H,4-5,8-11,15-17H2,1-3H3. The van der Waals surface area contributed by atoms with E-state index in [1.54, 1.807) is 0 Å². The molecular weight excluding hydrogens is 432 g/mol. The fourth-order valence-electron chi connectivity index (χ4n) is 5.57. The molecule has 0 bridgehead atoms. The summed E-state index contributed by atoms with van der Waals surface area (Å²) in [7, 11) is 1.49. The first kappa shape index (κ1) is 22.7. The van der Waals surface area contributed by atoms with Crippen molar-refractivity contribution in [2.45, 2.75) is 57.9 Å². The van der Waals surface area contributed by atoms with Crippen molar-refractivity contribution in [3.8, 4) is 0 Å². The molecule has 0 atom stereocenters. The molecule has 2 aliphatic heterocycles. The van der Waals surface area contributed by atoms with Crippen molar-refractivity contribution in [1.29, 1.82) is 0 Å². The third kappa shape index (κ3) is 4.79. The summed E-state index contributed by atoms with van der Waals surface area (Å²) in [5, 5.41) is 0.935. The van der Waals surface area contributed by atoms with Crippen molar-refractivity contribution >= 4 is 23.3 Å². The van der Waals surface area contributed by atoms with Crippen LogP contribution in [0, 0.1) is 19.8 Å². The maximum Gasteiger partial charge on any atom is 0.308 e. The number of piperidine rings is 1. The summed E-state index contributed by atoms with van der Waals surface area (Å²) in [5.74, 6) is 1.28. The minimum atomic E-state index is -0.0537. The first-order valence-corrected chi connectivity index (χ1v) is 12.7. The summed E-state index contributed by atoms with van der Waals surface area (Å²) in [6.07, 6.45) is 4.36. The second-order valence-corrected chi connectivity index (χ2v) is 10.7. The molecule has 3 fully saturated rings. The number of aryl methyl sites for hydroxylation is 2. The molecule has 2 heterocycles. The quantitative estimate of drug-likeness (QED) is 0.502. The second-order valence-electron chi connectivity index (χ2n) is 10.3. The van der Waals surface area contributed by atoms with E-state index in [0.717, 1.165) is 50.6 Å². The molecule has 2 saturated heterocycles. The van der Waals surface area contributed by atoms with Gasteiger partial charge in [0.25, 0.3) is 0 Å². The molecule has 2 aromatic rings. The largest absolute Gasteiger partial charge is 0.469 e. The van der Waals surface area contributed by atoms with Gasteiger partial charge in [-0.1, -0.05) is 29.8 Å². The van der Waals surface area contributed by atoms with Crippen molar-refractivity contribution in [2.75, 3.05) is 38.2 Å². The number of methoxy groups -OCH3 is 1. The summed E-state index contributed by atoms with van der Waals surface area (Å²) in [5.41, 5.74) is 8.24. The summed E-state index contributed by atoms with van der Waals surface area (Å²) in [6, 6.07) is 11.4. The van der Waals surface area contributed by atoms with E-state index in [2.05, 4.69) is 54.0 Å². The lowest BCUT2D eigenvalue weighted by atomic mass is 9.86. The predicted molar refractivity (Wildman–Crippen MR) is 134 cm³/mol. The van der Waals surface area contributed by atoms with Crippen LogP contribution in [0.25, 0.3) is 0 Å². The van der Waals surface area contributed by atoms with E-state index in [0.29, 0.717) is 11.8 Å². The van der Waals surface area contributed by atoms with Gasteiger partial charge in [-0.2, -0.15) is 0 Å². The lowest BCUT2D eigenvalue weighted by Crippen LogP contribution is -2.45. The molecule has 5 rings (SSSR count). The number of rotatable bonds is 6. The Morgan fingerprint density at radius 1 is 1.00 bits per heavy atom. The topological polar surface area (TPSA) is 32.8 Å². The van der Waals surface area contributed by atoms with Gasteiger partial charge in [-0.15, -0.1) is 0 Å². The summed E-state index contributed by atoms with van der Waals surface area (Å²) >= 11 is 6.56. The Hall–Kier alpha value is -2.04. The normalized spacial score (nSPS) is 20.1. The van der Waals surface area contributed by atoms with Gasteiger partial charge in [-0.05, 0) is 98.5 Å². The fraction of sp³-hybridized carbons (Fsp3) is 0.536. The summed E-state index contributed by atoms with van der Waals surface area (Å²) in [6.45, 7) is 9.49. The zero-order valence-electron chi connectivity index (χ0n) is 20.1. The van der Waals surface area contributed by atoms with Crippen molar-refractivity contribution < 1.29 is 9.53 Å². The second kappa shape index (κ2) is 9.31. The number of benzene rings is 2. The van der Waals surface area contributed by atoms with Gasteiger partial charge in [0.2, 0.25) is 0 Å². The maximum absolute atomic E-state index is 11.8. The smallest absolute Gasteiger partial charge is 0.308 e. The molecule has 5 heteroatoms. The van der Waals surface area contributed by atoms with Crippen LogP contribution in [0.3, 0.4) is 0 Å². The zero-order valence-corrected chi connectivity index (χ0v) is 20.8. The molecule has 1 aliphatic carbocycles. The van der Waals surface area contributed by atoms with Gasteiger partial charge in [0.1, 0.15) is 0 Å². The van der Waals surface area contributed by atoms with Crippen LogP contribution in [0.2, 0.25) is 5.02 Å². The molecule has 4 nitrogen and oxygen atoms in total. The van der Waals surface area contributed by atoms with Gasteiger partial charge < -0.3 is 9.64 Å². The highest BCUT2D eigenvalue weighted by molar-refractivity contribution is 6.31. The monoisotopic (exact) mass is 466 g/mol. The molecule has 176 valence electrons. The number of anilines is 1. The van der Waals surface area contributed by atoms with E-state index >= 15 is 0 Å². The molecular formula is C28H35ClN2O2. The highest BCUT2D eigenvalue weighted by Gasteiger charge is 2.31. The molecule has 0 spiro atoms. The third-order valence-electron chi connectivity index (χ3n) is 7.94. The Kier molecular flexibility index (Phi) is 6.41. The number of hydrogen-bond acceptors (Lipinski definition) is 4. The Balaban J connectivity index is 1.19. The van der Waals surface area contributed by atoms with E-state index in [4.69, 9.17) is 16.3 Å². The summed E-state index contributed by atoms with van der Waals surface area (Å²) in [4.78, 5) is 16.7. The van der Waals surface area contributed by atoms with Gasteiger partial charge in [0.15, 0.2) is 0 Å². The van der Waals surface area contributed by atoms with E-state index in [9.17, 15) is 4.79 Å². The van der Waals surface area contributed by atoms with E-state index in [1.165, 1.54) is 53.5 Å². The van der Waals surface area contributed by atoms with Gasteiger partial charge in [0, 0.05) is 36.3 Å². The highest BCUT2D eigenvalue weighted by Crippen LogP contribution is 2.44. The molecule has 1 saturated carbocycles. The molecule has 0 unspecified atom stereocenters. The minimum Gasteiger partial charge on any atom is -0.469 e. The van der Waals surface area contributed by atoms with Crippen LogP contribution in [-0.4, -0.2) is 44.2 Å². The highest BCUT2D eigenvalue weighted by atomic mass is 35.5. The molecule has 0 aromatic heterocycles. The van der Waals surface area contributed by atoms with Crippen molar-refractivity contribution in [3.05, 3.63) is 63.2 Å².